The molecule has 1 fully saturated rings. The van der Waals surface area contributed by atoms with Crippen LogP contribution in [0.1, 0.15) is 17.0 Å². The molecule has 0 bridgehead atoms. The standard InChI is InChI=1S/C27H31FN2O2/c28-26-13-7-8-14-27(26)30-17-15-29(16-18-30)19-24(31)20-32-21-25(22-9-3-1-4-10-22)23-11-5-2-6-12-23/h1-14,24-25,31H,15-21H2/t24-/m1/s1. The Morgan fingerprint density at radius 1 is 0.750 bits per heavy atom. The quantitative estimate of drug-likeness (QED) is 0.549. The van der Waals surface area contributed by atoms with Crippen molar-refractivity contribution in [3.05, 3.63) is 102 Å². The van der Waals surface area contributed by atoms with Gasteiger partial charge in [-0.2, -0.15) is 0 Å². The summed E-state index contributed by atoms with van der Waals surface area (Å²) in [7, 11) is 0. The molecule has 32 heavy (non-hydrogen) atoms. The van der Waals surface area contributed by atoms with Gasteiger partial charge in [-0.3, -0.25) is 4.90 Å². The highest BCUT2D eigenvalue weighted by Crippen LogP contribution is 2.25. The fourth-order valence-corrected chi connectivity index (χ4v) is 4.31. The first kappa shape index (κ1) is 22.5. The highest BCUT2D eigenvalue weighted by atomic mass is 19.1. The number of rotatable bonds is 9. The summed E-state index contributed by atoms with van der Waals surface area (Å²) in [5.41, 5.74) is 3.07. The molecule has 4 nitrogen and oxygen atoms in total. The van der Waals surface area contributed by atoms with Gasteiger partial charge in [-0.1, -0.05) is 72.8 Å². The minimum absolute atomic E-state index is 0.133. The zero-order valence-electron chi connectivity index (χ0n) is 18.3. The SMILES string of the molecule is O[C@@H](COCC(c1ccccc1)c1ccccc1)CN1CCN(c2ccccc2F)CC1. The number of benzene rings is 3. The molecule has 0 aromatic heterocycles. The number of piperazine rings is 1. The van der Waals surface area contributed by atoms with E-state index >= 15 is 0 Å². The van der Waals surface area contributed by atoms with E-state index in [1.807, 2.05) is 48.5 Å². The molecular weight excluding hydrogens is 403 g/mol. The minimum Gasteiger partial charge on any atom is -0.389 e. The normalized spacial score (nSPS) is 15.8. The fraction of sp³-hybridized carbons (Fsp3) is 0.333. The van der Waals surface area contributed by atoms with Gasteiger partial charge >= 0.3 is 0 Å². The van der Waals surface area contributed by atoms with Gasteiger partial charge in [0.05, 0.1) is 25.0 Å². The van der Waals surface area contributed by atoms with E-state index < -0.39 is 6.10 Å². The molecule has 1 aliphatic heterocycles. The number of nitrogens with zero attached hydrogens (tertiary/aromatic N) is 2. The lowest BCUT2D eigenvalue weighted by Crippen LogP contribution is -2.49. The van der Waals surface area contributed by atoms with Gasteiger partial charge in [-0.15, -0.1) is 0 Å². The summed E-state index contributed by atoms with van der Waals surface area (Å²) >= 11 is 0. The van der Waals surface area contributed by atoms with E-state index in [4.69, 9.17) is 4.74 Å². The van der Waals surface area contributed by atoms with E-state index in [2.05, 4.69) is 34.1 Å². The first-order chi connectivity index (χ1) is 15.7. The van der Waals surface area contributed by atoms with Crippen LogP contribution in [0.4, 0.5) is 10.1 Å². The molecular formula is C27H31FN2O2. The maximum atomic E-state index is 14.0. The van der Waals surface area contributed by atoms with Gasteiger partial charge in [-0.05, 0) is 23.3 Å². The van der Waals surface area contributed by atoms with Gasteiger partial charge in [0, 0.05) is 38.6 Å². The Morgan fingerprint density at radius 3 is 1.91 bits per heavy atom. The first-order valence-electron chi connectivity index (χ1n) is 11.3. The van der Waals surface area contributed by atoms with Crippen molar-refractivity contribution in [3.63, 3.8) is 0 Å². The van der Waals surface area contributed by atoms with Crippen LogP contribution in [-0.2, 0) is 4.74 Å². The monoisotopic (exact) mass is 434 g/mol. The average molecular weight is 435 g/mol. The number of hydrogen-bond acceptors (Lipinski definition) is 4. The molecule has 3 aromatic carbocycles. The van der Waals surface area contributed by atoms with Crippen LogP contribution in [0.3, 0.4) is 0 Å². The van der Waals surface area contributed by atoms with Crippen molar-refractivity contribution in [1.29, 1.82) is 0 Å². The molecule has 1 heterocycles. The number of hydrogen-bond donors (Lipinski definition) is 1. The molecule has 1 aliphatic rings. The van der Waals surface area contributed by atoms with Crippen LogP contribution >= 0.6 is 0 Å². The summed E-state index contributed by atoms with van der Waals surface area (Å²) < 4.78 is 20.0. The fourth-order valence-electron chi connectivity index (χ4n) is 4.31. The van der Waals surface area contributed by atoms with Gasteiger partial charge < -0.3 is 14.7 Å². The van der Waals surface area contributed by atoms with Crippen molar-refractivity contribution >= 4 is 5.69 Å². The van der Waals surface area contributed by atoms with E-state index in [1.165, 1.54) is 17.2 Å². The summed E-state index contributed by atoms with van der Waals surface area (Å²) in [6.45, 7) is 4.46. The van der Waals surface area contributed by atoms with Gasteiger partial charge in [0.2, 0.25) is 0 Å². The zero-order valence-corrected chi connectivity index (χ0v) is 18.3. The second kappa shape index (κ2) is 11.2. The Hall–Kier alpha value is -2.73. The molecule has 0 saturated carbocycles. The van der Waals surface area contributed by atoms with E-state index in [-0.39, 0.29) is 11.7 Å². The lowest BCUT2D eigenvalue weighted by Gasteiger charge is -2.37. The summed E-state index contributed by atoms with van der Waals surface area (Å²) in [6.07, 6.45) is -0.554. The molecule has 4 rings (SSSR count). The van der Waals surface area contributed by atoms with Crippen LogP contribution in [-0.4, -0.2) is 62.0 Å². The molecule has 0 amide bonds. The molecule has 1 saturated heterocycles. The lowest BCUT2D eigenvalue weighted by molar-refractivity contribution is 0.0135. The molecule has 3 aromatic rings. The number of para-hydroxylation sites is 1. The van der Waals surface area contributed by atoms with Crippen LogP contribution in [0.5, 0.6) is 0 Å². The van der Waals surface area contributed by atoms with Crippen LogP contribution in [0.15, 0.2) is 84.9 Å². The Bertz CT molecular complexity index is 907. The van der Waals surface area contributed by atoms with Crippen molar-refractivity contribution in [1.82, 2.24) is 4.90 Å². The van der Waals surface area contributed by atoms with Crippen LogP contribution in [0.25, 0.3) is 0 Å². The highest BCUT2D eigenvalue weighted by molar-refractivity contribution is 5.48. The van der Waals surface area contributed by atoms with Crippen LogP contribution in [0, 0.1) is 5.82 Å². The van der Waals surface area contributed by atoms with Gasteiger partial charge in [0.15, 0.2) is 0 Å². The van der Waals surface area contributed by atoms with E-state index in [0.717, 1.165) is 26.2 Å². The molecule has 5 heteroatoms. The van der Waals surface area contributed by atoms with E-state index in [0.29, 0.717) is 25.4 Å². The Morgan fingerprint density at radius 2 is 1.31 bits per heavy atom. The Labute approximate surface area is 189 Å². The number of aliphatic hydroxyl groups excluding tert-OH is 1. The maximum Gasteiger partial charge on any atom is 0.146 e. The summed E-state index contributed by atoms with van der Waals surface area (Å²) in [5, 5.41) is 10.5. The number of ether oxygens (including phenoxy) is 1. The molecule has 1 N–H and O–H groups in total. The first-order valence-corrected chi connectivity index (χ1v) is 11.3. The topological polar surface area (TPSA) is 35.9 Å². The second-order valence-corrected chi connectivity index (χ2v) is 8.30. The van der Waals surface area contributed by atoms with Crippen LogP contribution in [0.2, 0.25) is 0 Å². The average Bonchev–Trinajstić information content (AvgIpc) is 2.84. The molecule has 0 spiro atoms. The van der Waals surface area contributed by atoms with Gasteiger partial charge in [0.1, 0.15) is 5.82 Å². The summed E-state index contributed by atoms with van der Waals surface area (Å²) in [4.78, 5) is 4.29. The zero-order chi connectivity index (χ0) is 22.2. The molecule has 0 unspecified atom stereocenters. The minimum atomic E-state index is -0.554. The van der Waals surface area contributed by atoms with E-state index in [9.17, 15) is 9.50 Å². The van der Waals surface area contributed by atoms with Gasteiger partial charge in [-0.25, -0.2) is 4.39 Å². The van der Waals surface area contributed by atoms with Crippen molar-refractivity contribution in [2.45, 2.75) is 12.0 Å². The Kier molecular flexibility index (Phi) is 7.88. The summed E-state index contributed by atoms with van der Waals surface area (Å²) in [5.74, 6) is -0.0466. The Balaban J connectivity index is 1.25. The third kappa shape index (κ3) is 5.94. The highest BCUT2D eigenvalue weighted by Gasteiger charge is 2.21. The van der Waals surface area contributed by atoms with Crippen molar-refractivity contribution < 1.29 is 14.2 Å². The largest absolute Gasteiger partial charge is 0.389 e. The van der Waals surface area contributed by atoms with E-state index in [1.54, 1.807) is 6.07 Å². The lowest BCUT2D eigenvalue weighted by atomic mass is 9.92. The molecule has 168 valence electrons. The molecule has 1 atom stereocenters. The molecule has 0 radical (unpaired) electrons. The second-order valence-electron chi connectivity index (χ2n) is 8.30. The van der Waals surface area contributed by atoms with Gasteiger partial charge in [0.25, 0.3) is 0 Å². The van der Waals surface area contributed by atoms with Crippen molar-refractivity contribution in [2.75, 3.05) is 50.8 Å². The number of aliphatic hydroxyl groups is 1. The predicted molar refractivity (Wildman–Crippen MR) is 127 cm³/mol. The summed E-state index contributed by atoms with van der Waals surface area (Å²) in [6, 6.07) is 27.6. The van der Waals surface area contributed by atoms with Crippen LogP contribution < -0.4 is 4.90 Å². The van der Waals surface area contributed by atoms with Crippen molar-refractivity contribution in [3.8, 4) is 0 Å². The third-order valence-corrected chi connectivity index (χ3v) is 6.03. The number of halogens is 1. The number of β-amino-alcohol motifs (C(OH)–C–C–N with tert-alkyl or cyclic N) is 1. The number of anilines is 1. The predicted octanol–water partition coefficient (Wildman–Crippen LogP) is 4.16. The smallest absolute Gasteiger partial charge is 0.146 e. The maximum absolute atomic E-state index is 14.0. The van der Waals surface area contributed by atoms with Crippen molar-refractivity contribution in [2.24, 2.45) is 0 Å². The molecule has 0 aliphatic carbocycles. The third-order valence-electron chi connectivity index (χ3n) is 6.03.